The van der Waals surface area contributed by atoms with Gasteiger partial charge < -0.3 is 0 Å². The molecule has 14 heavy (non-hydrogen) atoms. The van der Waals surface area contributed by atoms with Crippen LogP contribution in [0.4, 0.5) is 0 Å². The zero-order chi connectivity index (χ0) is 10.0. The van der Waals surface area contributed by atoms with Crippen LogP contribution in [0.25, 0.3) is 0 Å². The molecule has 0 N–H and O–H groups in total. The highest BCUT2D eigenvalue weighted by Crippen LogP contribution is 2.63. The van der Waals surface area contributed by atoms with E-state index in [1.807, 2.05) is 0 Å². The van der Waals surface area contributed by atoms with Gasteiger partial charge in [0.05, 0.1) is 10.9 Å². The molecule has 2 heteroatoms. The fraction of sp³-hybridized carbons (Fsp3) is 0.917. The fourth-order valence-corrected chi connectivity index (χ4v) is 3.70. The van der Waals surface area contributed by atoms with Crippen LogP contribution in [0.15, 0.2) is 0 Å². The molecule has 0 radical (unpaired) electrons. The molecule has 1 unspecified atom stereocenters. The van der Waals surface area contributed by atoms with E-state index in [1.54, 1.807) is 0 Å². The molecular formula is C12H18ClN. The third-order valence-electron chi connectivity index (χ3n) is 4.01. The second kappa shape index (κ2) is 4.11. The van der Waals surface area contributed by atoms with E-state index >= 15 is 0 Å². The maximum absolute atomic E-state index is 8.59. The molecule has 0 saturated heterocycles. The second-order valence-corrected chi connectivity index (χ2v) is 5.49. The van der Waals surface area contributed by atoms with Gasteiger partial charge in [0.15, 0.2) is 0 Å². The summed E-state index contributed by atoms with van der Waals surface area (Å²) in [5.74, 6) is 1.47. The summed E-state index contributed by atoms with van der Waals surface area (Å²) in [6.07, 6.45) is 9.63. The summed E-state index contributed by atoms with van der Waals surface area (Å²) in [5, 5.41) is 8.59. The van der Waals surface area contributed by atoms with Gasteiger partial charge in [-0.3, -0.25) is 0 Å². The molecule has 2 aliphatic rings. The monoisotopic (exact) mass is 211 g/mol. The van der Waals surface area contributed by atoms with Crippen molar-refractivity contribution in [1.29, 1.82) is 5.26 Å². The first-order chi connectivity index (χ1) is 6.79. The summed E-state index contributed by atoms with van der Waals surface area (Å²) in [5.41, 5.74) is 0. The van der Waals surface area contributed by atoms with Crippen LogP contribution in [0.1, 0.15) is 51.4 Å². The average molecular weight is 212 g/mol. The summed E-state index contributed by atoms with van der Waals surface area (Å²) >= 11 is 6.59. The molecule has 2 fully saturated rings. The minimum Gasteiger partial charge on any atom is -0.198 e. The van der Waals surface area contributed by atoms with Crippen LogP contribution in [0.2, 0.25) is 0 Å². The van der Waals surface area contributed by atoms with Gasteiger partial charge in [-0.25, -0.2) is 0 Å². The molecule has 2 saturated carbocycles. The highest BCUT2D eigenvalue weighted by atomic mass is 35.5. The van der Waals surface area contributed by atoms with E-state index in [0.29, 0.717) is 6.42 Å². The van der Waals surface area contributed by atoms with Gasteiger partial charge in [-0.05, 0) is 31.1 Å². The van der Waals surface area contributed by atoms with E-state index in [1.165, 1.54) is 38.5 Å². The van der Waals surface area contributed by atoms with Crippen molar-refractivity contribution in [2.75, 3.05) is 0 Å². The highest BCUT2D eigenvalue weighted by Gasteiger charge is 2.61. The molecule has 3 atom stereocenters. The summed E-state index contributed by atoms with van der Waals surface area (Å²) < 4.78 is 0. The van der Waals surface area contributed by atoms with Crippen molar-refractivity contribution >= 4 is 11.6 Å². The molecule has 1 nitrogen and oxygen atoms in total. The van der Waals surface area contributed by atoms with Gasteiger partial charge in [0.1, 0.15) is 0 Å². The molecule has 0 aromatic carbocycles. The van der Waals surface area contributed by atoms with Crippen LogP contribution in [-0.2, 0) is 0 Å². The first-order valence-corrected chi connectivity index (χ1v) is 6.22. The largest absolute Gasteiger partial charge is 0.198 e. The maximum atomic E-state index is 8.59. The third kappa shape index (κ3) is 1.77. The number of rotatable bonds is 2. The van der Waals surface area contributed by atoms with Crippen LogP contribution in [0.5, 0.6) is 0 Å². The first-order valence-electron chi connectivity index (χ1n) is 5.85. The lowest BCUT2D eigenvalue weighted by Crippen LogP contribution is -2.03. The molecule has 0 bridgehead atoms. The number of halogens is 1. The van der Waals surface area contributed by atoms with Crippen LogP contribution in [0, 0.1) is 23.2 Å². The molecule has 78 valence electrons. The summed E-state index contributed by atoms with van der Waals surface area (Å²) in [7, 11) is 0. The van der Waals surface area contributed by atoms with Gasteiger partial charge >= 0.3 is 0 Å². The number of hydrogen-bond acceptors (Lipinski definition) is 1. The Morgan fingerprint density at radius 2 is 1.71 bits per heavy atom. The Morgan fingerprint density at radius 1 is 1.14 bits per heavy atom. The molecule has 0 aromatic rings. The molecule has 0 heterocycles. The summed E-state index contributed by atoms with van der Waals surface area (Å²) in [6.45, 7) is 0. The number of alkyl halides is 1. The molecule has 0 amide bonds. The predicted octanol–water partition coefficient (Wildman–Crippen LogP) is 3.87. The fourth-order valence-electron chi connectivity index (χ4n) is 3.15. The number of nitriles is 1. The van der Waals surface area contributed by atoms with E-state index in [4.69, 9.17) is 16.9 Å². The van der Waals surface area contributed by atoms with E-state index in [9.17, 15) is 0 Å². The molecule has 2 aliphatic carbocycles. The Morgan fingerprint density at radius 3 is 2.21 bits per heavy atom. The standard InChI is InChI=1S/C12H18ClN/c13-12(8-5-9-14)10-6-3-1-2-4-7-11(10)12/h10-11H,1-8H2/t10-,11+,12?. The maximum Gasteiger partial charge on any atom is 0.0622 e. The third-order valence-corrected chi connectivity index (χ3v) is 4.76. The minimum absolute atomic E-state index is 0.0278. The quantitative estimate of drug-likeness (QED) is 0.637. The van der Waals surface area contributed by atoms with Crippen LogP contribution in [-0.4, -0.2) is 4.87 Å². The normalized spacial score (nSPS) is 41.7. The highest BCUT2D eigenvalue weighted by molar-refractivity contribution is 6.26. The Hall–Kier alpha value is -0.220. The van der Waals surface area contributed by atoms with E-state index in [0.717, 1.165) is 18.3 Å². The van der Waals surface area contributed by atoms with E-state index in [2.05, 4.69) is 6.07 Å². The second-order valence-electron chi connectivity index (χ2n) is 4.79. The predicted molar refractivity (Wildman–Crippen MR) is 58.1 cm³/mol. The Bertz CT molecular complexity index is 229. The van der Waals surface area contributed by atoms with Gasteiger partial charge in [-0.15, -0.1) is 11.6 Å². The lowest BCUT2D eigenvalue weighted by atomic mass is 10.0. The minimum atomic E-state index is 0.0278. The van der Waals surface area contributed by atoms with Crippen molar-refractivity contribution in [1.82, 2.24) is 0 Å². The van der Waals surface area contributed by atoms with Crippen LogP contribution < -0.4 is 0 Å². The molecule has 0 spiro atoms. The number of fused-ring (bicyclic) bond motifs is 1. The zero-order valence-electron chi connectivity index (χ0n) is 8.64. The van der Waals surface area contributed by atoms with Gasteiger partial charge in [-0.1, -0.05) is 25.7 Å². The Kier molecular flexibility index (Phi) is 3.02. The van der Waals surface area contributed by atoms with Crippen molar-refractivity contribution in [3.8, 4) is 6.07 Å². The molecular weight excluding hydrogens is 194 g/mol. The van der Waals surface area contributed by atoms with Crippen LogP contribution >= 0.6 is 11.6 Å². The lowest BCUT2D eigenvalue weighted by molar-refractivity contribution is 0.485. The smallest absolute Gasteiger partial charge is 0.0622 e. The molecule has 0 aromatic heterocycles. The van der Waals surface area contributed by atoms with Gasteiger partial charge in [0.2, 0.25) is 0 Å². The lowest BCUT2D eigenvalue weighted by Gasteiger charge is -2.05. The number of hydrogen-bond donors (Lipinski definition) is 0. The number of nitrogens with zero attached hydrogens (tertiary/aromatic N) is 1. The summed E-state index contributed by atoms with van der Waals surface area (Å²) in [6, 6.07) is 2.22. The average Bonchev–Trinajstić information content (AvgIpc) is 2.65. The Labute approximate surface area is 91.4 Å². The van der Waals surface area contributed by atoms with Crippen molar-refractivity contribution in [3.63, 3.8) is 0 Å². The molecule has 2 rings (SSSR count). The SMILES string of the molecule is N#CCCC1(Cl)[C@@H]2CCCCCC[C@@H]21. The first kappa shape index (κ1) is 10.3. The van der Waals surface area contributed by atoms with E-state index < -0.39 is 0 Å². The molecule has 0 aliphatic heterocycles. The Balaban J connectivity index is 1.92. The summed E-state index contributed by atoms with van der Waals surface area (Å²) in [4.78, 5) is 0.0278. The van der Waals surface area contributed by atoms with Gasteiger partial charge in [0, 0.05) is 6.42 Å². The topological polar surface area (TPSA) is 23.8 Å². The van der Waals surface area contributed by atoms with Gasteiger partial charge in [-0.2, -0.15) is 5.26 Å². The van der Waals surface area contributed by atoms with Crippen molar-refractivity contribution in [3.05, 3.63) is 0 Å². The van der Waals surface area contributed by atoms with Crippen molar-refractivity contribution in [2.45, 2.75) is 56.2 Å². The van der Waals surface area contributed by atoms with Crippen molar-refractivity contribution in [2.24, 2.45) is 11.8 Å². The van der Waals surface area contributed by atoms with E-state index in [-0.39, 0.29) is 4.87 Å². The zero-order valence-corrected chi connectivity index (χ0v) is 9.39. The van der Waals surface area contributed by atoms with Gasteiger partial charge in [0.25, 0.3) is 0 Å². The van der Waals surface area contributed by atoms with Crippen molar-refractivity contribution < 1.29 is 0 Å². The van der Waals surface area contributed by atoms with Crippen LogP contribution in [0.3, 0.4) is 0 Å².